The number of hydrogen-bond acceptors (Lipinski definition) is 8. The number of alkyl halides is 3. The zero-order valence-electron chi connectivity index (χ0n) is 24.1. The fourth-order valence-corrected chi connectivity index (χ4v) is 4.67. The van der Waals surface area contributed by atoms with Gasteiger partial charge in [0, 0.05) is 0 Å². The van der Waals surface area contributed by atoms with Crippen molar-refractivity contribution < 1.29 is 49.9 Å². The van der Waals surface area contributed by atoms with Crippen molar-refractivity contribution in [2.45, 2.75) is 30.0 Å². The number of rotatable bonds is 10. The van der Waals surface area contributed by atoms with Crippen LogP contribution in [0.4, 0.5) is 13.2 Å². The molecule has 42 heavy (non-hydrogen) atoms. The molecule has 0 saturated heterocycles. The van der Waals surface area contributed by atoms with Gasteiger partial charge in [-0.1, -0.05) is 43.3 Å². The summed E-state index contributed by atoms with van der Waals surface area (Å²) in [5.74, 6) is 0.800. The van der Waals surface area contributed by atoms with Crippen LogP contribution in [0, 0.1) is 0 Å². The Morgan fingerprint density at radius 1 is 0.857 bits per heavy atom. The van der Waals surface area contributed by atoms with E-state index in [2.05, 4.69) is 24.0 Å². The minimum Gasteiger partial charge on any atom is -0.493 e. The highest BCUT2D eigenvalue weighted by Gasteiger charge is 2.35. The fraction of sp³-hybridized carbons (Fsp3) is 0.345. The van der Waals surface area contributed by atoms with Crippen molar-refractivity contribution in [3.05, 3.63) is 83.4 Å². The lowest BCUT2D eigenvalue weighted by atomic mass is 9.87. The molecule has 0 amide bonds. The Labute approximate surface area is 243 Å². The molecule has 0 radical (unpaired) electrons. The topological polar surface area (TPSA) is 112 Å². The maximum absolute atomic E-state index is 12.8. The lowest BCUT2D eigenvalue weighted by Gasteiger charge is -2.39. The molecule has 0 bridgehead atoms. The molecule has 3 rings (SSSR count). The van der Waals surface area contributed by atoms with Crippen LogP contribution in [0.25, 0.3) is 0 Å². The lowest BCUT2D eigenvalue weighted by molar-refractivity contribution is -0.137. The first-order valence-electron chi connectivity index (χ1n) is 12.5. The molecule has 0 aliphatic rings. The Balaban J connectivity index is 0.000000369. The summed E-state index contributed by atoms with van der Waals surface area (Å²) in [7, 11) is 3.93. The fourth-order valence-electron chi connectivity index (χ4n) is 4.14. The molecule has 0 aromatic heterocycles. The number of likely N-dealkylation sites (N-methyl/N-ethyl adjacent to an activating group) is 1. The molecule has 0 aliphatic heterocycles. The van der Waals surface area contributed by atoms with Gasteiger partial charge in [-0.05, 0) is 56.4 Å². The number of carbonyl (C=O) groups excluding carboxylic acids is 1. The first-order chi connectivity index (χ1) is 19.6. The Hall–Kier alpha value is -3.81. The van der Waals surface area contributed by atoms with E-state index in [1.165, 1.54) is 21.3 Å². The van der Waals surface area contributed by atoms with Crippen molar-refractivity contribution in [3.8, 4) is 17.2 Å². The predicted molar refractivity (Wildman–Crippen MR) is 150 cm³/mol. The van der Waals surface area contributed by atoms with Crippen LogP contribution in [0.2, 0.25) is 0 Å². The molecule has 0 heterocycles. The summed E-state index contributed by atoms with van der Waals surface area (Å²) in [6.45, 7) is 2.30. The van der Waals surface area contributed by atoms with E-state index in [4.69, 9.17) is 23.5 Å². The molecule has 0 spiro atoms. The van der Waals surface area contributed by atoms with E-state index in [1.807, 2.05) is 32.3 Å². The van der Waals surface area contributed by atoms with Gasteiger partial charge in [0.15, 0.2) is 11.5 Å². The molecule has 0 aliphatic carbocycles. The van der Waals surface area contributed by atoms with Crippen molar-refractivity contribution in [2.75, 3.05) is 42.0 Å². The summed E-state index contributed by atoms with van der Waals surface area (Å²) in [6, 6.07) is 16.1. The second-order valence-electron chi connectivity index (χ2n) is 9.14. The van der Waals surface area contributed by atoms with Gasteiger partial charge >= 0.3 is 12.1 Å². The number of halogens is 3. The molecule has 9 nitrogen and oxygen atoms in total. The van der Waals surface area contributed by atoms with E-state index in [-0.39, 0.29) is 6.61 Å². The first-order valence-corrected chi connectivity index (χ1v) is 13.9. The second kappa shape index (κ2) is 14.4. The SMILES string of the molecule is CCC(COC(=O)c1cc(OC)c(OC)c(OC)c1)(c1ccccc1)N(C)C.O=S(=O)(O)c1cccc(C(F)(F)F)c1. The van der Waals surface area contributed by atoms with Crippen LogP contribution >= 0.6 is 0 Å². The van der Waals surface area contributed by atoms with E-state index in [0.717, 1.165) is 24.1 Å². The summed E-state index contributed by atoms with van der Waals surface area (Å²) in [5, 5.41) is 0. The maximum atomic E-state index is 12.8. The van der Waals surface area contributed by atoms with Gasteiger partial charge in [0.1, 0.15) is 6.61 Å². The number of hydrogen-bond donors (Lipinski definition) is 1. The number of esters is 1. The predicted octanol–water partition coefficient (Wildman–Crippen LogP) is 5.69. The molecular weight excluding hydrogens is 579 g/mol. The van der Waals surface area contributed by atoms with Crippen molar-refractivity contribution in [2.24, 2.45) is 0 Å². The van der Waals surface area contributed by atoms with Gasteiger partial charge in [-0.2, -0.15) is 21.6 Å². The van der Waals surface area contributed by atoms with Crippen molar-refractivity contribution >= 4 is 16.1 Å². The van der Waals surface area contributed by atoms with Crippen LogP contribution in [-0.2, 0) is 26.6 Å². The normalized spacial score (nSPS) is 12.9. The van der Waals surface area contributed by atoms with Gasteiger partial charge in [0.25, 0.3) is 10.1 Å². The number of ether oxygens (including phenoxy) is 4. The first kappa shape index (κ1) is 34.4. The molecule has 0 fully saturated rings. The zero-order chi connectivity index (χ0) is 31.7. The standard InChI is InChI=1S/C22H29NO5.C7H5F3O3S/c1-7-22(23(2)3,17-11-9-8-10-12-17)15-28-21(24)16-13-18(25-4)20(27-6)19(14-16)26-5;8-7(9,10)5-2-1-3-6(4-5)14(11,12)13/h8-14H,7,15H2,1-6H3;1-4H,(H,11,12,13). The van der Waals surface area contributed by atoms with Crippen LogP contribution in [0.3, 0.4) is 0 Å². The van der Waals surface area contributed by atoms with Gasteiger partial charge in [0.2, 0.25) is 5.75 Å². The van der Waals surface area contributed by atoms with Gasteiger partial charge in [-0.3, -0.25) is 9.45 Å². The molecule has 1 unspecified atom stereocenters. The summed E-state index contributed by atoms with van der Waals surface area (Å²) in [5.41, 5.74) is -0.100. The quantitative estimate of drug-likeness (QED) is 0.228. The number of nitrogens with zero attached hydrogens (tertiary/aromatic N) is 1. The molecule has 13 heteroatoms. The summed E-state index contributed by atoms with van der Waals surface area (Å²) in [6.07, 6.45) is -3.84. The zero-order valence-corrected chi connectivity index (χ0v) is 24.9. The molecule has 1 N–H and O–H groups in total. The number of carbonyl (C=O) groups is 1. The van der Waals surface area contributed by atoms with E-state index >= 15 is 0 Å². The average molecular weight is 614 g/mol. The summed E-state index contributed by atoms with van der Waals surface area (Å²) >= 11 is 0. The van der Waals surface area contributed by atoms with Crippen molar-refractivity contribution in [3.63, 3.8) is 0 Å². The third-order valence-electron chi connectivity index (χ3n) is 6.55. The summed E-state index contributed by atoms with van der Waals surface area (Å²) in [4.78, 5) is 14.1. The lowest BCUT2D eigenvalue weighted by Crippen LogP contribution is -2.45. The number of benzene rings is 3. The Bertz CT molecular complexity index is 1420. The van der Waals surface area contributed by atoms with E-state index in [0.29, 0.717) is 34.9 Å². The van der Waals surface area contributed by atoms with E-state index in [9.17, 15) is 26.4 Å². The Kier molecular flexibility index (Phi) is 11.8. The minimum absolute atomic E-state index is 0.218. The second-order valence-corrected chi connectivity index (χ2v) is 10.6. The van der Waals surface area contributed by atoms with E-state index < -0.39 is 38.3 Å². The summed E-state index contributed by atoms with van der Waals surface area (Å²) < 4.78 is 87.4. The molecular formula is C29H34F3NO8S. The third kappa shape index (κ3) is 8.37. The van der Waals surface area contributed by atoms with Crippen LogP contribution in [0.15, 0.2) is 71.6 Å². The van der Waals surface area contributed by atoms with Gasteiger partial charge in [0.05, 0.1) is 42.9 Å². The van der Waals surface area contributed by atoms with Crippen LogP contribution in [0.1, 0.15) is 34.8 Å². The van der Waals surface area contributed by atoms with Crippen molar-refractivity contribution in [1.29, 1.82) is 0 Å². The minimum atomic E-state index is -4.62. The number of methoxy groups -OCH3 is 3. The highest BCUT2D eigenvalue weighted by molar-refractivity contribution is 7.85. The third-order valence-corrected chi connectivity index (χ3v) is 7.40. The highest BCUT2D eigenvalue weighted by Crippen LogP contribution is 2.39. The van der Waals surface area contributed by atoms with Crippen molar-refractivity contribution in [1.82, 2.24) is 4.90 Å². The smallest absolute Gasteiger partial charge is 0.416 e. The highest BCUT2D eigenvalue weighted by atomic mass is 32.2. The van der Waals surface area contributed by atoms with Gasteiger partial charge < -0.3 is 18.9 Å². The molecule has 3 aromatic rings. The average Bonchev–Trinajstić information content (AvgIpc) is 2.96. The monoisotopic (exact) mass is 613 g/mol. The van der Waals surface area contributed by atoms with Crippen LogP contribution in [-0.4, -0.2) is 65.9 Å². The van der Waals surface area contributed by atoms with Gasteiger partial charge in [-0.25, -0.2) is 4.79 Å². The van der Waals surface area contributed by atoms with E-state index in [1.54, 1.807) is 12.1 Å². The maximum Gasteiger partial charge on any atom is 0.416 e. The molecule has 3 aromatic carbocycles. The van der Waals surface area contributed by atoms with Gasteiger partial charge in [-0.15, -0.1) is 0 Å². The Morgan fingerprint density at radius 3 is 1.83 bits per heavy atom. The van der Waals surface area contributed by atoms with Crippen LogP contribution in [0.5, 0.6) is 17.2 Å². The molecule has 230 valence electrons. The largest absolute Gasteiger partial charge is 0.493 e. The molecule has 0 saturated carbocycles. The van der Waals surface area contributed by atoms with Crippen LogP contribution < -0.4 is 14.2 Å². The Morgan fingerprint density at radius 2 is 1.40 bits per heavy atom. The molecule has 1 atom stereocenters.